The summed E-state index contributed by atoms with van der Waals surface area (Å²) in [6, 6.07) is 15.9. The predicted molar refractivity (Wildman–Crippen MR) is 109 cm³/mol. The fraction of sp³-hybridized carbons (Fsp3) is 0.190. The summed E-state index contributed by atoms with van der Waals surface area (Å²) < 4.78 is 5.86. The first-order valence-electron chi connectivity index (χ1n) is 8.74. The number of aromatic hydroxyl groups is 1. The van der Waals surface area contributed by atoms with E-state index in [1.807, 2.05) is 30.3 Å². The first-order valence-corrected chi connectivity index (χ1v) is 9.12. The standard InChI is InChI=1S/C21H21ClN2O3/c22-16-7-8-18(19(25)13-16)24-21(26)17-11-14-5-1-2-6-15(14)12-20(17)27-10-4-3-9-23/h1-2,5-8,11-13,25H,3-4,9-10,23H2,(H,24,26). The summed E-state index contributed by atoms with van der Waals surface area (Å²) in [7, 11) is 0. The lowest BCUT2D eigenvalue weighted by molar-refractivity contribution is 0.102. The molecule has 0 aromatic heterocycles. The number of carbonyl (C=O) groups is 1. The molecule has 1 amide bonds. The van der Waals surface area contributed by atoms with Crippen LogP contribution in [0.15, 0.2) is 54.6 Å². The van der Waals surface area contributed by atoms with Gasteiger partial charge in [-0.2, -0.15) is 0 Å². The van der Waals surface area contributed by atoms with E-state index in [-0.39, 0.29) is 17.3 Å². The average Bonchev–Trinajstić information content (AvgIpc) is 2.66. The second-order valence-corrected chi connectivity index (χ2v) is 6.59. The third-order valence-corrected chi connectivity index (χ3v) is 4.39. The topological polar surface area (TPSA) is 84.6 Å². The predicted octanol–water partition coefficient (Wildman–Crippen LogP) is 4.57. The lowest BCUT2D eigenvalue weighted by atomic mass is 10.0. The SMILES string of the molecule is NCCCCOc1cc2ccccc2cc1C(=O)Nc1ccc(Cl)cc1O. The molecule has 0 aliphatic rings. The summed E-state index contributed by atoms with van der Waals surface area (Å²) in [4.78, 5) is 12.8. The monoisotopic (exact) mass is 384 g/mol. The van der Waals surface area contributed by atoms with Gasteiger partial charge in [-0.15, -0.1) is 0 Å². The summed E-state index contributed by atoms with van der Waals surface area (Å²) in [5.74, 6) is 0.0333. The van der Waals surface area contributed by atoms with Crippen LogP contribution in [0.4, 0.5) is 5.69 Å². The molecule has 0 fully saturated rings. The largest absolute Gasteiger partial charge is 0.506 e. The highest BCUT2D eigenvalue weighted by Crippen LogP contribution is 2.30. The minimum absolute atomic E-state index is 0.0953. The van der Waals surface area contributed by atoms with E-state index in [1.54, 1.807) is 18.2 Å². The molecule has 0 unspecified atom stereocenters. The van der Waals surface area contributed by atoms with Crippen LogP contribution in [0.25, 0.3) is 10.8 Å². The number of ether oxygens (including phenoxy) is 1. The molecule has 3 rings (SSSR count). The summed E-state index contributed by atoms with van der Waals surface area (Å²) in [6.45, 7) is 1.08. The molecule has 0 heterocycles. The molecule has 4 N–H and O–H groups in total. The zero-order valence-corrected chi connectivity index (χ0v) is 15.5. The average molecular weight is 385 g/mol. The number of benzene rings is 3. The van der Waals surface area contributed by atoms with Gasteiger partial charge in [-0.3, -0.25) is 4.79 Å². The second kappa shape index (κ2) is 8.75. The fourth-order valence-electron chi connectivity index (χ4n) is 2.74. The summed E-state index contributed by atoms with van der Waals surface area (Å²) in [5, 5.41) is 15.0. The molecule has 140 valence electrons. The van der Waals surface area contributed by atoms with Crippen molar-refractivity contribution in [2.24, 2.45) is 5.73 Å². The molecule has 0 saturated carbocycles. The maximum atomic E-state index is 12.8. The van der Waals surface area contributed by atoms with Crippen LogP contribution in [-0.4, -0.2) is 24.2 Å². The van der Waals surface area contributed by atoms with Crippen molar-refractivity contribution in [3.8, 4) is 11.5 Å². The van der Waals surface area contributed by atoms with Gasteiger partial charge in [0.1, 0.15) is 11.5 Å². The van der Waals surface area contributed by atoms with Crippen LogP contribution in [0.3, 0.4) is 0 Å². The molecule has 3 aromatic carbocycles. The van der Waals surface area contributed by atoms with E-state index in [0.29, 0.717) is 29.5 Å². The molecule has 0 spiro atoms. The molecule has 5 nitrogen and oxygen atoms in total. The van der Waals surface area contributed by atoms with Gasteiger partial charge in [-0.1, -0.05) is 35.9 Å². The Morgan fingerprint density at radius 3 is 2.52 bits per heavy atom. The number of phenols is 1. The Labute approximate surface area is 162 Å². The van der Waals surface area contributed by atoms with Crippen LogP contribution in [0, 0.1) is 0 Å². The molecule has 27 heavy (non-hydrogen) atoms. The van der Waals surface area contributed by atoms with E-state index in [4.69, 9.17) is 22.1 Å². The lowest BCUT2D eigenvalue weighted by Crippen LogP contribution is -2.14. The number of unbranched alkanes of at least 4 members (excludes halogenated alkanes) is 1. The van der Waals surface area contributed by atoms with Gasteiger partial charge in [-0.25, -0.2) is 0 Å². The summed E-state index contributed by atoms with van der Waals surface area (Å²) in [6.07, 6.45) is 1.66. The molecule has 3 aromatic rings. The first-order chi connectivity index (χ1) is 13.1. The first kappa shape index (κ1) is 19.0. The van der Waals surface area contributed by atoms with Crippen molar-refractivity contribution >= 4 is 34.0 Å². The van der Waals surface area contributed by atoms with Crippen LogP contribution in [0.5, 0.6) is 11.5 Å². The normalized spacial score (nSPS) is 10.7. The van der Waals surface area contributed by atoms with Gasteiger partial charge in [0.05, 0.1) is 17.9 Å². The van der Waals surface area contributed by atoms with E-state index in [1.165, 1.54) is 6.07 Å². The smallest absolute Gasteiger partial charge is 0.259 e. The third kappa shape index (κ3) is 4.70. The highest BCUT2D eigenvalue weighted by Gasteiger charge is 2.16. The highest BCUT2D eigenvalue weighted by atomic mass is 35.5. The Kier molecular flexibility index (Phi) is 6.16. The van der Waals surface area contributed by atoms with E-state index >= 15 is 0 Å². The van der Waals surface area contributed by atoms with Gasteiger partial charge in [0.2, 0.25) is 0 Å². The molecule has 0 atom stereocenters. The minimum atomic E-state index is -0.368. The number of fused-ring (bicyclic) bond motifs is 1. The zero-order chi connectivity index (χ0) is 19.2. The molecule has 0 aliphatic heterocycles. The Bertz CT molecular complexity index is 959. The molecule has 0 radical (unpaired) electrons. The van der Waals surface area contributed by atoms with Crippen molar-refractivity contribution in [2.45, 2.75) is 12.8 Å². The molecule has 0 aliphatic carbocycles. The Balaban J connectivity index is 1.90. The summed E-state index contributed by atoms with van der Waals surface area (Å²) >= 11 is 5.84. The number of nitrogens with two attached hydrogens (primary N) is 1. The van der Waals surface area contributed by atoms with Crippen LogP contribution in [-0.2, 0) is 0 Å². The molecular formula is C21H21ClN2O3. The second-order valence-electron chi connectivity index (χ2n) is 6.16. The van der Waals surface area contributed by atoms with Crippen molar-refractivity contribution in [2.75, 3.05) is 18.5 Å². The van der Waals surface area contributed by atoms with E-state index in [2.05, 4.69) is 5.32 Å². The Morgan fingerprint density at radius 2 is 1.81 bits per heavy atom. The van der Waals surface area contributed by atoms with Crippen molar-refractivity contribution in [3.63, 3.8) is 0 Å². The van der Waals surface area contributed by atoms with E-state index in [9.17, 15) is 9.90 Å². The van der Waals surface area contributed by atoms with E-state index < -0.39 is 0 Å². The summed E-state index contributed by atoms with van der Waals surface area (Å²) in [5.41, 5.74) is 6.20. The van der Waals surface area contributed by atoms with Crippen molar-refractivity contribution in [1.82, 2.24) is 0 Å². The number of rotatable bonds is 7. The quantitative estimate of drug-likeness (QED) is 0.411. The molecule has 0 bridgehead atoms. The number of hydrogen-bond donors (Lipinski definition) is 3. The van der Waals surface area contributed by atoms with Gasteiger partial charge in [0.25, 0.3) is 5.91 Å². The van der Waals surface area contributed by atoms with Crippen molar-refractivity contribution in [3.05, 3.63) is 65.2 Å². The van der Waals surface area contributed by atoms with Gasteiger partial charge in [-0.05, 0) is 54.4 Å². The molecule has 0 saturated heterocycles. The van der Waals surface area contributed by atoms with Gasteiger partial charge in [0, 0.05) is 11.1 Å². The number of carbonyl (C=O) groups excluding carboxylic acids is 1. The zero-order valence-electron chi connectivity index (χ0n) is 14.7. The fourth-order valence-corrected chi connectivity index (χ4v) is 2.91. The molecule has 6 heteroatoms. The van der Waals surface area contributed by atoms with Gasteiger partial charge < -0.3 is 20.9 Å². The van der Waals surface area contributed by atoms with Crippen LogP contribution in [0.2, 0.25) is 5.02 Å². The maximum absolute atomic E-state index is 12.8. The minimum Gasteiger partial charge on any atom is -0.506 e. The maximum Gasteiger partial charge on any atom is 0.259 e. The number of halogens is 1. The van der Waals surface area contributed by atoms with Crippen LogP contribution < -0.4 is 15.8 Å². The number of phenolic OH excluding ortho intramolecular Hbond substituents is 1. The Hall–Kier alpha value is -2.76. The molecular weight excluding hydrogens is 364 g/mol. The van der Waals surface area contributed by atoms with Crippen molar-refractivity contribution in [1.29, 1.82) is 0 Å². The van der Waals surface area contributed by atoms with E-state index in [0.717, 1.165) is 23.6 Å². The number of nitrogens with one attached hydrogen (secondary N) is 1. The number of amides is 1. The number of anilines is 1. The third-order valence-electron chi connectivity index (χ3n) is 4.16. The van der Waals surface area contributed by atoms with Crippen molar-refractivity contribution < 1.29 is 14.6 Å². The van der Waals surface area contributed by atoms with Crippen LogP contribution in [0.1, 0.15) is 23.2 Å². The van der Waals surface area contributed by atoms with Crippen LogP contribution >= 0.6 is 11.6 Å². The lowest BCUT2D eigenvalue weighted by Gasteiger charge is -2.14. The van der Waals surface area contributed by atoms with Gasteiger partial charge >= 0.3 is 0 Å². The van der Waals surface area contributed by atoms with Gasteiger partial charge in [0.15, 0.2) is 0 Å². The number of hydrogen-bond acceptors (Lipinski definition) is 4. The highest BCUT2D eigenvalue weighted by molar-refractivity contribution is 6.30. The Morgan fingerprint density at radius 1 is 1.07 bits per heavy atom.